The molecule has 0 fully saturated rings. The van der Waals surface area contributed by atoms with E-state index in [0.717, 1.165) is 46.2 Å². The normalized spacial score (nSPS) is 12.7. The number of benzene rings is 6. The van der Waals surface area contributed by atoms with E-state index in [-0.39, 0.29) is 13.2 Å². The molecule has 0 N–H and O–H groups in total. The number of rotatable bonds is 48. The molecular weight excluding hydrogens is 993 g/mol. The lowest BCUT2D eigenvalue weighted by atomic mass is 9.80. The summed E-state index contributed by atoms with van der Waals surface area (Å²) in [5.41, 5.74) is 4.49. The maximum Gasteiger partial charge on any atom is 0.143 e. The molecule has 0 aliphatic rings. The van der Waals surface area contributed by atoms with E-state index in [1.807, 2.05) is 0 Å². The Kier molecular flexibility index (Phi) is 33.2. The van der Waals surface area contributed by atoms with Gasteiger partial charge in [-0.2, -0.15) is 0 Å². The van der Waals surface area contributed by atoms with Crippen LogP contribution in [-0.2, 0) is 34.9 Å². The summed E-state index contributed by atoms with van der Waals surface area (Å²) in [6.07, 6.45) is 36.2. The lowest BCUT2D eigenvalue weighted by molar-refractivity contribution is -0.154. The summed E-state index contributed by atoms with van der Waals surface area (Å²) < 4.78 is 35.8. The van der Waals surface area contributed by atoms with E-state index in [1.54, 1.807) is 0 Å². The molecule has 0 saturated carbocycles. The van der Waals surface area contributed by atoms with E-state index in [4.69, 9.17) is 23.7 Å². The lowest BCUT2D eigenvalue weighted by Crippen LogP contribution is -2.42. The molecule has 0 aliphatic carbocycles. The maximum absolute atomic E-state index is 7.53. The zero-order valence-electron chi connectivity index (χ0n) is 50.6. The van der Waals surface area contributed by atoms with E-state index < -0.39 is 23.4 Å². The van der Waals surface area contributed by atoms with Crippen LogP contribution in [0.2, 0.25) is 0 Å². The average molecular weight is 1100 g/mol. The van der Waals surface area contributed by atoms with Crippen LogP contribution in [0.15, 0.2) is 182 Å². The Morgan fingerprint density at radius 2 is 0.444 bits per heavy atom. The minimum Gasteiger partial charge on any atom is -0.379 e. The highest BCUT2D eigenvalue weighted by molar-refractivity contribution is 5.49. The second-order valence-corrected chi connectivity index (χ2v) is 22.9. The molecule has 5 heteroatoms. The van der Waals surface area contributed by atoms with Crippen molar-refractivity contribution >= 4 is 0 Å². The fraction of sp³-hybridized carbons (Fsp3) is 0.526. The molecule has 6 aromatic rings. The van der Waals surface area contributed by atoms with Crippen molar-refractivity contribution in [1.29, 1.82) is 0 Å². The molecule has 5 nitrogen and oxygen atoms in total. The Hall–Kier alpha value is -4.88. The van der Waals surface area contributed by atoms with Crippen LogP contribution < -0.4 is 0 Å². The van der Waals surface area contributed by atoms with Crippen LogP contribution in [0.3, 0.4) is 0 Å². The van der Waals surface area contributed by atoms with E-state index in [0.29, 0.717) is 26.4 Å². The van der Waals surface area contributed by atoms with Crippen LogP contribution in [0.1, 0.15) is 227 Å². The van der Waals surface area contributed by atoms with Gasteiger partial charge in [0.15, 0.2) is 0 Å². The Bertz CT molecular complexity index is 2000. The summed E-state index contributed by atoms with van der Waals surface area (Å²) in [6, 6.07) is 63.9. The van der Waals surface area contributed by atoms with Crippen molar-refractivity contribution in [2.24, 2.45) is 0 Å². The Morgan fingerprint density at radius 3 is 0.654 bits per heavy atom. The van der Waals surface area contributed by atoms with Crippen molar-refractivity contribution in [2.45, 2.75) is 217 Å². The predicted molar refractivity (Wildman–Crippen MR) is 341 cm³/mol. The third-order valence-electron chi connectivity index (χ3n) is 16.3. The van der Waals surface area contributed by atoms with Gasteiger partial charge in [-0.1, -0.05) is 363 Å². The van der Waals surface area contributed by atoms with E-state index in [2.05, 4.69) is 196 Å². The van der Waals surface area contributed by atoms with Gasteiger partial charge < -0.3 is 23.7 Å². The highest BCUT2D eigenvalue weighted by Gasteiger charge is 2.40. The van der Waals surface area contributed by atoms with Gasteiger partial charge in [-0.15, -0.1) is 0 Å². The van der Waals surface area contributed by atoms with Gasteiger partial charge in [-0.3, -0.25) is 0 Å². The Morgan fingerprint density at radius 1 is 0.247 bits per heavy atom. The summed E-state index contributed by atoms with van der Waals surface area (Å²) in [7, 11) is 0. The zero-order chi connectivity index (χ0) is 56.4. The predicted octanol–water partition coefficient (Wildman–Crippen LogP) is 20.8. The summed E-state index contributed by atoms with van der Waals surface area (Å²) in [5.74, 6) is 0. The third-order valence-corrected chi connectivity index (χ3v) is 16.3. The van der Waals surface area contributed by atoms with Gasteiger partial charge in [0, 0.05) is 13.2 Å². The summed E-state index contributed by atoms with van der Waals surface area (Å²) in [4.78, 5) is 0. The van der Waals surface area contributed by atoms with Crippen LogP contribution in [0.4, 0.5) is 0 Å². The van der Waals surface area contributed by atoms with E-state index >= 15 is 0 Å². The minimum absolute atomic E-state index is 0.272. The van der Waals surface area contributed by atoms with Gasteiger partial charge in [0.1, 0.15) is 23.4 Å². The third kappa shape index (κ3) is 23.4. The standard InChI is InChI=1S/C76H106O5/c1-3-5-7-9-11-13-15-17-19-21-23-25-27-47-61-77-63-73(65-79-75(67-49-35-29-36-50-67,68-51-37-30-38-52-68)69-53-39-31-40-54-69)81-74(64-78-62-48-28-26-24-22-20-18-16-14-12-10-8-6-4-2)66-80-76(70-55-41-32-42-56-70,71-57-43-33-44-58-71)72-59-45-34-46-60-72/h29-46,49-60,73-74H,3-28,47-48,61-66H2,1-2H3/t73-,74-/m1/s1. The van der Waals surface area contributed by atoms with Gasteiger partial charge in [0.25, 0.3) is 0 Å². The summed E-state index contributed by atoms with van der Waals surface area (Å²) in [6.45, 7) is 7.25. The average Bonchev–Trinajstić information content (AvgIpc) is 3.56. The Balaban J connectivity index is 1.18. The van der Waals surface area contributed by atoms with Gasteiger partial charge in [-0.05, 0) is 46.2 Å². The fourth-order valence-electron chi connectivity index (χ4n) is 11.7. The first-order valence-electron chi connectivity index (χ1n) is 32.6. The first-order chi connectivity index (χ1) is 40.2. The molecule has 0 amide bonds. The van der Waals surface area contributed by atoms with Crippen LogP contribution in [0.25, 0.3) is 0 Å². The molecule has 0 aliphatic heterocycles. The summed E-state index contributed by atoms with van der Waals surface area (Å²) >= 11 is 0. The van der Waals surface area contributed by atoms with Gasteiger partial charge >= 0.3 is 0 Å². The topological polar surface area (TPSA) is 46.2 Å². The zero-order valence-corrected chi connectivity index (χ0v) is 50.6. The molecule has 0 aromatic heterocycles. The smallest absolute Gasteiger partial charge is 0.143 e. The second kappa shape index (κ2) is 41.2. The molecule has 440 valence electrons. The van der Waals surface area contributed by atoms with Crippen molar-refractivity contribution in [1.82, 2.24) is 0 Å². The van der Waals surface area contributed by atoms with E-state index in [9.17, 15) is 0 Å². The van der Waals surface area contributed by atoms with Crippen molar-refractivity contribution in [2.75, 3.05) is 39.6 Å². The molecule has 0 bridgehead atoms. The first kappa shape index (κ1) is 65.3. The van der Waals surface area contributed by atoms with Crippen molar-refractivity contribution < 1.29 is 23.7 Å². The quantitative estimate of drug-likeness (QED) is 0.0281. The molecule has 6 rings (SSSR count). The highest BCUT2D eigenvalue weighted by atomic mass is 16.6. The molecular formula is C76H106O5. The SMILES string of the molecule is CCCCCCCCCCCCCCCCOC[C@H](COC(c1ccccc1)(c1ccccc1)c1ccccc1)O[C@H](COCCCCCCCCCCCCCCCC)COC(c1ccccc1)(c1ccccc1)c1ccccc1. The van der Waals surface area contributed by atoms with Crippen LogP contribution in [-0.4, -0.2) is 51.8 Å². The number of hydrogen-bond acceptors (Lipinski definition) is 5. The molecule has 0 radical (unpaired) electrons. The van der Waals surface area contributed by atoms with Gasteiger partial charge in [-0.25, -0.2) is 0 Å². The van der Waals surface area contributed by atoms with Gasteiger partial charge in [0.05, 0.1) is 26.4 Å². The molecule has 6 aromatic carbocycles. The number of hydrogen-bond donors (Lipinski definition) is 0. The van der Waals surface area contributed by atoms with Crippen LogP contribution in [0.5, 0.6) is 0 Å². The van der Waals surface area contributed by atoms with Crippen molar-refractivity contribution in [3.05, 3.63) is 215 Å². The van der Waals surface area contributed by atoms with Crippen LogP contribution >= 0.6 is 0 Å². The summed E-state index contributed by atoms with van der Waals surface area (Å²) in [5, 5.41) is 0. The largest absolute Gasteiger partial charge is 0.379 e. The molecule has 0 saturated heterocycles. The van der Waals surface area contributed by atoms with Gasteiger partial charge in [0.2, 0.25) is 0 Å². The first-order valence-corrected chi connectivity index (χ1v) is 32.6. The molecule has 0 spiro atoms. The fourth-order valence-corrected chi connectivity index (χ4v) is 11.7. The maximum atomic E-state index is 7.53. The monoisotopic (exact) mass is 1100 g/mol. The lowest BCUT2D eigenvalue weighted by Gasteiger charge is -2.39. The van der Waals surface area contributed by atoms with Crippen molar-refractivity contribution in [3.63, 3.8) is 0 Å². The second-order valence-electron chi connectivity index (χ2n) is 22.9. The molecule has 81 heavy (non-hydrogen) atoms. The van der Waals surface area contributed by atoms with Crippen molar-refractivity contribution in [3.8, 4) is 0 Å². The van der Waals surface area contributed by atoms with E-state index in [1.165, 1.54) is 167 Å². The molecule has 0 unspecified atom stereocenters. The minimum atomic E-state index is -0.917. The highest BCUT2D eigenvalue weighted by Crippen LogP contribution is 2.42. The van der Waals surface area contributed by atoms with Crippen LogP contribution in [0, 0.1) is 0 Å². The number of unbranched alkanes of at least 4 members (excludes halogenated alkanes) is 26. The molecule has 0 heterocycles. The Labute approximate surface area is 493 Å². The molecule has 2 atom stereocenters. The number of ether oxygens (including phenoxy) is 5.